The van der Waals surface area contributed by atoms with Crippen LogP contribution in [0.5, 0.6) is 0 Å². The van der Waals surface area contributed by atoms with Gasteiger partial charge < -0.3 is 5.32 Å². The van der Waals surface area contributed by atoms with Crippen LogP contribution in [0.15, 0.2) is 0 Å². The summed E-state index contributed by atoms with van der Waals surface area (Å²) < 4.78 is 0. The van der Waals surface area contributed by atoms with E-state index >= 15 is 0 Å². The zero-order chi connectivity index (χ0) is 8.20. The van der Waals surface area contributed by atoms with Crippen LogP contribution in [0, 0.1) is 11.3 Å². The summed E-state index contributed by atoms with van der Waals surface area (Å²) in [5.41, 5.74) is 0.456. The first-order valence-corrected chi connectivity index (χ1v) is 4.17. The molecule has 0 aromatic heterocycles. The minimum absolute atomic E-state index is 0.456. The quantitative estimate of drug-likeness (QED) is 0.639. The zero-order valence-corrected chi connectivity index (χ0v) is 7.99. The molecule has 0 saturated heterocycles. The van der Waals surface area contributed by atoms with Gasteiger partial charge in [-0.2, -0.15) is 0 Å². The van der Waals surface area contributed by atoms with E-state index in [1.165, 1.54) is 6.42 Å². The second kappa shape index (κ2) is 3.97. The number of hydrogen-bond donors (Lipinski definition) is 1. The van der Waals surface area contributed by atoms with E-state index in [-0.39, 0.29) is 0 Å². The van der Waals surface area contributed by atoms with Gasteiger partial charge in [0.2, 0.25) is 0 Å². The normalized spacial score (nSPS) is 15.3. The van der Waals surface area contributed by atoms with Gasteiger partial charge in [-0.15, -0.1) is 0 Å². The molecule has 1 atom stereocenters. The molecule has 0 rings (SSSR count). The average molecular weight is 143 g/mol. The van der Waals surface area contributed by atoms with Crippen molar-refractivity contribution in [1.29, 1.82) is 0 Å². The largest absolute Gasteiger partial charge is 0.319 e. The molecule has 0 aliphatic rings. The first-order valence-electron chi connectivity index (χ1n) is 4.17. The Kier molecular flexibility index (Phi) is 3.95. The minimum atomic E-state index is 0.456. The van der Waals surface area contributed by atoms with Gasteiger partial charge in [-0.1, -0.05) is 34.1 Å². The third kappa shape index (κ3) is 3.21. The molecule has 0 radical (unpaired) electrons. The van der Waals surface area contributed by atoms with E-state index < -0.39 is 0 Å². The monoisotopic (exact) mass is 143 g/mol. The van der Waals surface area contributed by atoms with Gasteiger partial charge in [0.1, 0.15) is 0 Å². The molecule has 62 valence electrons. The van der Waals surface area contributed by atoms with Gasteiger partial charge in [-0.3, -0.25) is 0 Å². The van der Waals surface area contributed by atoms with E-state index in [9.17, 15) is 0 Å². The molecule has 1 unspecified atom stereocenters. The zero-order valence-electron chi connectivity index (χ0n) is 7.99. The second-order valence-corrected chi connectivity index (χ2v) is 4.03. The summed E-state index contributed by atoms with van der Waals surface area (Å²) >= 11 is 0. The second-order valence-electron chi connectivity index (χ2n) is 4.03. The van der Waals surface area contributed by atoms with Crippen LogP contribution < -0.4 is 5.32 Å². The Labute approximate surface area is 65.2 Å². The standard InChI is InChI=1S/C9H21N/c1-6-8(7-10-5)9(2,3)4/h8,10H,6-7H2,1-5H3. The summed E-state index contributed by atoms with van der Waals surface area (Å²) in [5.74, 6) is 0.803. The highest BCUT2D eigenvalue weighted by atomic mass is 14.8. The summed E-state index contributed by atoms with van der Waals surface area (Å²) in [6.07, 6.45) is 1.27. The smallest absolute Gasteiger partial charge is 0.00186 e. The minimum Gasteiger partial charge on any atom is -0.319 e. The first-order chi connectivity index (χ1) is 4.52. The van der Waals surface area contributed by atoms with Gasteiger partial charge >= 0.3 is 0 Å². The Hall–Kier alpha value is -0.0400. The van der Waals surface area contributed by atoms with Crippen LogP contribution in [-0.2, 0) is 0 Å². The lowest BCUT2D eigenvalue weighted by molar-refractivity contribution is 0.229. The molecule has 0 aliphatic carbocycles. The predicted molar refractivity (Wildman–Crippen MR) is 47.2 cm³/mol. The molecule has 1 nitrogen and oxygen atoms in total. The third-order valence-corrected chi connectivity index (χ3v) is 2.17. The summed E-state index contributed by atoms with van der Waals surface area (Å²) in [6.45, 7) is 10.3. The summed E-state index contributed by atoms with van der Waals surface area (Å²) in [4.78, 5) is 0. The Bertz CT molecular complexity index is 81.2. The highest BCUT2D eigenvalue weighted by Gasteiger charge is 2.21. The van der Waals surface area contributed by atoms with Gasteiger partial charge in [-0.05, 0) is 24.9 Å². The summed E-state index contributed by atoms with van der Waals surface area (Å²) in [7, 11) is 2.02. The van der Waals surface area contributed by atoms with E-state index in [1.807, 2.05) is 7.05 Å². The van der Waals surface area contributed by atoms with Gasteiger partial charge in [0.05, 0.1) is 0 Å². The van der Waals surface area contributed by atoms with Crippen LogP contribution in [0.3, 0.4) is 0 Å². The van der Waals surface area contributed by atoms with Crippen LogP contribution in [0.2, 0.25) is 0 Å². The highest BCUT2D eigenvalue weighted by molar-refractivity contribution is 4.73. The van der Waals surface area contributed by atoms with Crippen molar-refractivity contribution in [2.24, 2.45) is 11.3 Å². The van der Waals surface area contributed by atoms with Crippen LogP contribution in [0.4, 0.5) is 0 Å². The molecule has 1 heteroatoms. The average Bonchev–Trinajstić information content (AvgIpc) is 1.80. The molecule has 0 aromatic carbocycles. The van der Waals surface area contributed by atoms with Crippen molar-refractivity contribution in [2.75, 3.05) is 13.6 Å². The fourth-order valence-electron chi connectivity index (χ4n) is 1.31. The molecular formula is C9H21N. The fraction of sp³-hybridized carbons (Fsp3) is 1.00. The summed E-state index contributed by atoms with van der Waals surface area (Å²) in [5, 5.41) is 3.23. The van der Waals surface area contributed by atoms with Crippen molar-refractivity contribution < 1.29 is 0 Å². The molecule has 0 saturated carbocycles. The Morgan fingerprint density at radius 2 is 1.80 bits per heavy atom. The molecule has 1 N–H and O–H groups in total. The van der Waals surface area contributed by atoms with E-state index in [4.69, 9.17) is 0 Å². The molecule has 0 amide bonds. The van der Waals surface area contributed by atoms with Crippen LogP contribution in [-0.4, -0.2) is 13.6 Å². The Morgan fingerprint density at radius 1 is 1.30 bits per heavy atom. The fourth-order valence-corrected chi connectivity index (χ4v) is 1.31. The maximum atomic E-state index is 3.23. The van der Waals surface area contributed by atoms with Gasteiger partial charge in [0, 0.05) is 0 Å². The van der Waals surface area contributed by atoms with Crippen LogP contribution in [0.1, 0.15) is 34.1 Å². The van der Waals surface area contributed by atoms with Crippen molar-refractivity contribution >= 4 is 0 Å². The van der Waals surface area contributed by atoms with Gasteiger partial charge in [0.15, 0.2) is 0 Å². The number of rotatable bonds is 3. The van der Waals surface area contributed by atoms with Gasteiger partial charge in [-0.25, -0.2) is 0 Å². The number of hydrogen-bond acceptors (Lipinski definition) is 1. The predicted octanol–water partition coefficient (Wildman–Crippen LogP) is 2.28. The van der Waals surface area contributed by atoms with Crippen molar-refractivity contribution in [3.8, 4) is 0 Å². The topological polar surface area (TPSA) is 12.0 Å². The Morgan fingerprint density at radius 3 is 1.90 bits per heavy atom. The SMILES string of the molecule is CCC(CNC)C(C)(C)C. The lowest BCUT2D eigenvalue weighted by atomic mass is 9.79. The Balaban J connectivity index is 3.81. The number of nitrogens with one attached hydrogen (secondary N) is 1. The molecule has 0 aliphatic heterocycles. The summed E-state index contributed by atoms with van der Waals surface area (Å²) in [6, 6.07) is 0. The highest BCUT2D eigenvalue weighted by Crippen LogP contribution is 2.27. The molecule has 0 spiro atoms. The molecule has 0 heterocycles. The lowest BCUT2D eigenvalue weighted by Gasteiger charge is -2.29. The molecule has 0 aromatic rings. The van der Waals surface area contributed by atoms with Crippen molar-refractivity contribution in [3.05, 3.63) is 0 Å². The van der Waals surface area contributed by atoms with Crippen LogP contribution >= 0.6 is 0 Å². The van der Waals surface area contributed by atoms with E-state index in [1.54, 1.807) is 0 Å². The lowest BCUT2D eigenvalue weighted by Crippen LogP contribution is -2.29. The van der Waals surface area contributed by atoms with Gasteiger partial charge in [0.25, 0.3) is 0 Å². The third-order valence-electron chi connectivity index (χ3n) is 2.17. The molecule has 0 bridgehead atoms. The van der Waals surface area contributed by atoms with Crippen molar-refractivity contribution in [2.45, 2.75) is 34.1 Å². The molecule has 0 fully saturated rings. The molecular weight excluding hydrogens is 122 g/mol. The first kappa shape index (κ1) is 9.96. The van der Waals surface area contributed by atoms with E-state index in [2.05, 4.69) is 33.0 Å². The van der Waals surface area contributed by atoms with Crippen LogP contribution in [0.25, 0.3) is 0 Å². The van der Waals surface area contributed by atoms with Crippen molar-refractivity contribution in [3.63, 3.8) is 0 Å². The van der Waals surface area contributed by atoms with E-state index in [0.717, 1.165) is 12.5 Å². The molecule has 10 heavy (non-hydrogen) atoms. The van der Waals surface area contributed by atoms with E-state index in [0.29, 0.717) is 5.41 Å². The van der Waals surface area contributed by atoms with Crippen molar-refractivity contribution in [1.82, 2.24) is 5.32 Å². The maximum Gasteiger partial charge on any atom is -0.00186 e. The maximum absolute atomic E-state index is 3.23.